The van der Waals surface area contributed by atoms with Crippen molar-refractivity contribution in [2.75, 3.05) is 20.8 Å². The summed E-state index contributed by atoms with van der Waals surface area (Å²) in [5.41, 5.74) is 0. The number of halogens is 1. The van der Waals surface area contributed by atoms with Crippen LogP contribution in [0.2, 0.25) is 0 Å². The van der Waals surface area contributed by atoms with Gasteiger partial charge in [0.15, 0.2) is 0 Å². The van der Waals surface area contributed by atoms with Crippen LogP contribution >= 0.6 is 22.6 Å². The van der Waals surface area contributed by atoms with Crippen LogP contribution in [0, 0.1) is 0 Å². The van der Waals surface area contributed by atoms with Crippen molar-refractivity contribution in [1.29, 1.82) is 0 Å². The largest absolute Gasteiger partial charge is 0.382 e. The molecular weight excluding hydrogens is 243 g/mol. The van der Waals surface area contributed by atoms with Crippen molar-refractivity contribution in [3.05, 3.63) is 9.66 Å². The molecule has 0 aliphatic rings. The van der Waals surface area contributed by atoms with Crippen LogP contribution in [0.25, 0.3) is 0 Å². The molecule has 2 nitrogen and oxygen atoms in total. The molecule has 10 heavy (non-hydrogen) atoms. The van der Waals surface area contributed by atoms with Crippen molar-refractivity contribution in [2.24, 2.45) is 0 Å². The molecule has 0 aromatic carbocycles. The fourth-order valence-corrected chi connectivity index (χ4v) is 1.01. The van der Waals surface area contributed by atoms with Gasteiger partial charge in [-0.05, 0) is 39.2 Å². The van der Waals surface area contributed by atoms with E-state index < -0.39 is 0 Å². The molecule has 0 bridgehead atoms. The van der Waals surface area contributed by atoms with E-state index >= 15 is 0 Å². The fourth-order valence-electron chi connectivity index (χ4n) is 0.605. The van der Waals surface area contributed by atoms with Crippen molar-refractivity contribution in [3.8, 4) is 0 Å². The van der Waals surface area contributed by atoms with E-state index in [2.05, 4.69) is 22.6 Å². The average molecular weight is 256 g/mol. The van der Waals surface area contributed by atoms with Gasteiger partial charge in [-0.15, -0.1) is 0 Å². The third kappa shape index (κ3) is 5.20. The molecular formula is C7H13IO2. The highest BCUT2D eigenvalue weighted by Crippen LogP contribution is 2.06. The third-order valence-corrected chi connectivity index (χ3v) is 1.41. The Morgan fingerprint density at radius 2 is 2.20 bits per heavy atom. The number of hydrogen-bond donors (Lipinski definition) is 0. The number of methoxy groups -OCH3 is 2. The number of allylic oxidation sites excluding steroid dienone is 1. The maximum Gasteiger partial charge on any atom is 0.0995 e. The summed E-state index contributed by atoms with van der Waals surface area (Å²) in [7, 11) is 3.35. The summed E-state index contributed by atoms with van der Waals surface area (Å²) in [5, 5.41) is 0. The van der Waals surface area contributed by atoms with Crippen LogP contribution in [0.3, 0.4) is 0 Å². The van der Waals surface area contributed by atoms with E-state index in [0.29, 0.717) is 6.61 Å². The Balaban J connectivity index is 3.71. The number of rotatable bonds is 4. The van der Waals surface area contributed by atoms with Crippen LogP contribution < -0.4 is 0 Å². The van der Waals surface area contributed by atoms with Gasteiger partial charge in [-0.25, -0.2) is 0 Å². The van der Waals surface area contributed by atoms with Crippen molar-refractivity contribution in [1.82, 2.24) is 0 Å². The highest BCUT2D eigenvalue weighted by Gasteiger charge is 2.00. The van der Waals surface area contributed by atoms with Crippen LogP contribution in [0.5, 0.6) is 0 Å². The van der Waals surface area contributed by atoms with Gasteiger partial charge in [0, 0.05) is 14.2 Å². The van der Waals surface area contributed by atoms with Crippen molar-refractivity contribution in [3.63, 3.8) is 0 Å². The zero-order valence-electron chi connectivity index (χ0n) is 6.56. The molecule has 1 unspecified atom stereocenters. The van der Waals surface area contributed by atoms with Crippen LogP contribution in [0.1, 0.15) is 6.92 Å². The molecule has 0 N–H and O–H groups in total. The molecule has 0 fully saturated rings. The minimum atomic E-state index is 0.0990. The summed E-state index contributed by atoms with van der Waals surface area (Å²) in [5.74, 6) is 0. The summed E-state index contributed by atoms with van der Waals surface area (Å²) in [6.45, 7) is 2.65. The maximum atomic E-state index is 5.10. The van der Waals surface area contributed by atoms with Crippen molar-refractivity contribution in [2.45, 2.75) is 13.0 Å². The smallest absolute Gasteiger partial charge is 0.0995 e. The molecule has 0 radical (unpaired) electrons. The van der Waals surface area contributed by atoms with Gasteiger partial charge in [0.25, 0.3) is 0 Å². The van der Waals surface area contributed by atoms with Crippen LogP contribution in [-0.4, -0.2) is 26.9 Å². The van der Waals surface area contributed by atoms with Crippen molar-refractivity contribution >= 4 is 22.6 Å². The van der Waals surface area contributed by atoms with Crippen LogP contribution in [0.15, 0.2) is 9.66 Å². The van der Waals surface area contributed by atoms with E-state index in [9.17, 15) is 0 Å². The fraction of sp³-hybridized carbons (Fsp3) is 0.714. The minimum Gasteiger partial charge on any atom is -0.382 e. The normalized spacial score (nSPS) is 15.4. The lowest BCUT2D eigenvalue weighted by Crippen LogP contribution is -2.14. The van der Waals surface area contributed by atoms with Gasteiger partial charge in [-0.1, -0.05) is 0 Å². The van der Waals surface area contributed by atoms with Gasteiger partial charge < -0.3 is 9.47 Å². The van der Waals surface area contributed by atoms with Crippen LogP contribution in [0.4, 0.5) is 0 Å². The molecule has 0 aliphatic carbocycles. The molecule has 0 aromatic heterocycles. The van der Waals surface area contributed by atoms with Crippen LogP contribution in [-0.2, 0) is 9.47 Å². The zero-order chi connectivity index (χ0) is 7.98. The summed E-state index contributed by atoms with van der Waals surface area (Å²) >= 11 is 2.25. The second kappa shape index (κ2) is 6.12. The predicted octanol–water partition coefficient (Wildman–Crippen LogP) is 1.99. The SMILES string of the molecule is COCC(/C=C(/C)I)OC. The molecule has 1 atom stereocenters. The molecule has 60 valence electrons. The molecule has 3 heteroatoms. The molecule has 0 rings (SSSR count). The number of ether oxygens (including phenoxy) is 2. The van der Waals surface area contributed by atoms with E-state index in [-0.39, 0.29) is 6.10 Å². The van der Waals surface area contributed by atoms with Crippen molar-refractivity contribution < 1.29 is 9.47 Å². The lowest BCUT2D eigenvalue weighted by molar-refractivity contribution is 0.0571. The van der Waals surface area contributed by atoms with Gasteiger partial charge in [-0.2, -0.15) is 0 Å². The molecule has 0 spiro atoms. The Hall–Kier alpha value is 0.390. The Labute approximate surface area is 75.7 Å². The first-order chi connectivity index (χ1) is 4.70. The second-order valence-corrected chi connectivity index (χ2v) is 3.68. The first-order valence-corrected chi connectivity index (χ1v) is 4.14. The van der Waals surface area contributed by atoms with Gasteiger partial charge in [-0.3, -0.25) is 0 Å². The maximum absolute atomic E-state index is 5.10. The van der Waals surface area contributed by atoms with E-state index in [1.165, 1.54) is 3.58 Å². The topological polar surface area (TPSA) is 18.5 Å². The van der Waals surface area contributed by atoms with E-state index in [4.69, 9.17) is 9.47 Å². The van der Waals surface area contributed by atoms with Gasteiger partial charge >= 0.3 is 0 Å². The first kappa shape index (κ1) is 10.4. The average Bonchev–Trinajstić information content (AvgIpc) is 1.86. The second-order valence-electron chi connectivity index (χ2n) is 1.98. The lowest BCUT2D eigenvalue weighted by Gasteiger charge is -2.08. The first-order valence-electron chi connectivity index (χ1n) is 3.06. The molecule has 0 saturated heterocycles. The Kier molecular flexibility index (Phi) is 6.36. The summed E-state index contributed by atoms with van der Waals surface area (Å²) in [6, 6.07) is 0. The summed E-state index contributed by atoms with van der Waals surface area (Å²) < 4.78 is 11.2. The highest BCUT2D eigenvalue weighted by atomic mass is 127. The number of hydrogen-bond acceptors (Lipinski definition) is 2. The molecule has 0 amide bonds. The summed E-state index contributed by atoms with van der Waals surface area (Å²) in [4.78, 5) is 0. The van der Waals surface area contributed by atoms with Gasteiger partial charge in [0.1, 0.15) is 0 Å². The quantitative estimate of drug-likeness (QED) is 0.716. The van der Waals surface area contributed by atoms with Gasteiger partial charge in [0.05, 0.1) is 12.7 Å². The van der Waals surface area contributed by atoms with E-state index in [1.54, 1.807) is 14.2 Å². The zero-order valence-corrected chi connectivity index (χ0v) is 8.71. The lowest BCUT2D eigenvalue weighted by atomic mass is 10.3. The minimum absolute atomic E-state index is 0.0990. The Bertz CT molecular complexity index is 108. The molecule has 0 saturated carbocycles. The highest BCUT2D eigenvalue weighted by molar-refractivity contribution is 14.1. The molecule has 0 aliphatic heterocycles. The predicted molar refractivity (Wildman–Crippen MR) is 50.5 cm³/mol. The van der Waals surface area contributed by atoms with Gasteiger partial charge in [0.2, 0.25) is 0 Å². The molecule has 0 aromatic rings. The van der Waals surface area contributed by atoms with E-state index in [0.717, 1.165) is 0 Å². The standard InChI is InChI=1S/C7H13IO2/c1-6(8)4-7(10-3)5-9-2/h4,7H,5H2,1-3H3/b6-4-. The Morgan fingerprint density at radius 3 is 2.50 bits per heavy atom. The Morgan fingerprint density at radius 1 is 1.60 bits per heavy atom. The monoisotopic (exact) mass is 256 g/mol. The summed E-state index contributed by atoms with van der Waals surface area (Å²) in [6.07, 6.45) is 2.13. The third-order valence-electron chi connectivity index (χ3n) is 1.05. The van der Waals surface area contributed by atoms with E-state index in [1.807, 2.05) is 13.0 Å². The molecule has 0 heterocycles.